The number of hydrogen-bond donors (Lipinski definition) is 0. The summed E-state index contributed by atoms with van der Waals surface area (Å²) in [4.78, 5) is 29.5. The number of benzene rings is 2. The number of methoxy groups -OCH3 is 1. The number of aryl methyl sites for hydroxylation is 1. The fourth-order valence-corrected chi connectivity index (χ4v) is 2.71. The van der Waals surface area contributed by atoms with Crippen molar-refractivity contribution in [3.8, 4) is 17.0 Å². The molecule has 2 aromatic carbocycles. The van der Waals surface area contributed by atoms with Gasteiger partial charge in [-0.15, -0.1) is 0 Å². The molecular formula is C21H20N2O3. The molecule has 0 N–H and O–H groups in total. The maximum absolute atomic E-state index is 12.6. The van der Waals surface area contributed by atoms with Crippen LogP contribution >= 0.6 is 0 Å². The van der Waals surface area contributed by atoms with Crippen LogP contribution in [0, 0.1) is 6.92 Å². The molecule has 3 aromatic rings. The highest BCUT2D eigenvalue weighted by molar-refractivity contribution is 5.98. The standard InChI is InChI=1S/C21H20N2O3/c1-14-4-6-17(7-5-14)21(25)15(2)23-13-22-19(12-20(23)24)16-8-10-18(26-3)11-9-16/h4-13,15H,1-3H3. The molecule has 1 atom stereocenters. The molecule has 1 aromatic heterocycles. The summed E-state index contributed by atoms with van der Waals surface area (Å²) in [6, 6.07) is 15.4. The quantitative estimate of drug-likeness (QED) is 0.660. The molecule has 5 heteroatoms. The largest absolute Gasteiger partial charge is 0.497 e. The van der Waals surface area contributed by atoms with Gasteiger partial charge in [-0.25, -0.2) is 4.98 Å². The summed E-state index contributed by atoms with van der Waals surface area (Å²) in [5.41, 5.74) is 2.77. The minimum atomic E-state index is -0.623. The van der Waals surface area contributed by atoms with Crippen LogP contribution in [0.2, 0.25) is 0 Å². The molecule has 0 aliphatic heterocycles. The second-order valence-corrected chi connectivity index (χ2v) is 6.15. The van der Waals surface area contributed by atoms with E-state index >= 15 is 0 Å². The van der Waals surface area contributed by atoms with Crippen molar-refractivity contribution in [2.45, 2.75) is 19.9 Å². The van der Waals surface area contributed by atoms with Gasteiger partial charge < -0.3 is 4.74 Å². The van der Waals surface area contributed by atoms with E-state index in [-0.39, 0.29) is 11.3 Å². The zero-order chi connectivity index (χ0) is 18.7. The molecule has 0 saturated carbocycles. The molecule has 0 saturated heterocycles. The molecular weight excluding hydrogens is 328 g/mol. The Morgan fingerprint density at radius 3 is 2.31 bits per heavy atom. The molecule has 0 spiro atoms. The topological polar surface area (TPSA) is 61.2 Å². The Kier molecular flexibility index (Phi) is 4.98. The Morgan fingerprint density at radius 2 is 1.73 bits per heavy atom. The number of hydrogen-bond acceptors (Lipinski definition) is 4. The Bertz CT molecular complexity index is 973. The molecule has 0 bridgehead atoms. The van der Waals surface area contributed by atoms with Crippen molar-refractivity contribution in [3.63, 3.8) is 0 Å². The van der Waals surface area contributed by atoms with E-state index in [9.17, 15) is 9.59 Å². The third-order valence-electron chi connectivity index (χ3n) is 4.35. The Labute approximate surface area is 151 Å². The van der Waals surface area contributed by atoms with Crippen molar-refractivity contribution in [2.75, 3.05) is 7.11 Å². The summed E-state index contributed by atoms with van der Waals surface area (Å²) in [5.74, 6) is 0.616. The van der Waals surface area contributed by atoms with Gasteiger partial charge in [0.25, 0.3) is 5.56 Å². The lowest BCUT2D eigenvalue weighted by Crippen LogP contribution is -2.28. The molecule has 0 radical (unpaired) electrons. The molecule has 0 fully saturated rings. The number of ketones is 1. The van der Waals surface area contributed by atoms with Gasteiger partial charge in [-0.1, -0.05) is 29.8 Å². The van der Waals surface area contributed by atoms with Crippen molar-refractivity contribution in [1.29, 1.82) is 0 Å². The molecule has 0 aliphatic rings. The van der Waals surface area contributed by atoms with Gasteiger partial charge in [0, 0.05) is 17.2 Å². The van der Waals surface area contributed by atoms with Gasteiger partial charge in [0.2, 0.25) is 0 Å². The van der Waals surface area contributed by atoms with Gasteiger partial charge in [0.1, 0.15) is 5.75 Å². The van der Waals surface area contributed by atoms with Crippen LogP contribution in [-0.4, -0.2) is 22.4 Å². The van der Waals surface area contributed by atoms with Crippen molar-refractivity contribution in [2.24, 2.45) is 0 Å². The summed E-state index contributed by atoms with van der Waals surface area (Å²) in [6.45, 7) is 3.67. The third kappa shape index (κ3) is 3.57. The second kappa shape index (κ2) is 7.35. The van der Waals surface area contributed by atoms with E-state index in [1.54, 1.807) is 26.2 Å². The average Bonchev–Trinajstić information content (AvgIpc) is 2.67. The SMILES string of the molecule is COc1ccc(-c2cc(=O)n(C(C)C(=O)c3ccc(C)cc3)cn2)cc1. The molecule has 132 valence electrons. The van der Waals surface area contributed by atoms with Crippen molar-refractivity contribution >= 4 is 5.78 Å². The summed E-state index contributed by atoms with van der Waals surface area (Å²) in [5, 5.41) is 0. The lowest BCUT2D eigenvalue weighted by molar-refractivity contribution is 0.0932. The fourth-order valence-electron chi connectivity index (χ4n) is 2.71. The number of carbonyl (C=O) groups excluding carboxylic acids is 1. The summed E-state index contributed by atoms with van der Waals surface area (Å²) < 4.78 is 6.49. The van der Waals surface area contributed by atoms with Crippen LogP contribution in [-0.2, 0) is 0 Å². The lowest BCUT2D eigenvalue weighted by Gasteiger charge is -2.14. The molecule has 5 nitrogen and oxygen atoms in total. The lowest BCUT2D eigenvalue weighted by atomic mass is 10.0. The normalized spacial score (nSPS) is 11.8. The van der Waals surface area contributed by atoms with Gasteiger partial charge in [0.05, 0.1) is 25.2 Å². The van der Waals surface area contributed by atoms with Crippen molar-refractivity contribution in [3.05, 3.63) is 82.4 Å². The van der Waals surface area contributed by atoms with E-state index < -0.39 is 6.04 Å². The van der Waals surface area contributed by atoms with Crippen LogP contribution in [0.5, 0.6) is 5.75 Å². The molecule has 3 rings (SSSR count). The zero-order valence-corrected chi connectivity index (χ0v) is 15.0. The number of nitrogens with zero attached hydrogens (tertiary/aromatic N) is 2. The predicted molar refractivity (Wildman–Crippen MR) is 101 cm³/mol. The predicted octanol–water partition coefficient (Wildman–Crippen LogP) is 3.67. The third-order valence-corrected chi connectivity index (χ3v) is 4.35. The first-order chi connectivity index (χ1) is 12.5. The maximum atomic E-state index is 12.6. The van der Waals surface area contributed by atoms with E-state index in [0.29, 0.717) is 11.3 Å². The van der Waals surface area contributed by atoms with Crippen LogP contribution in [0.1, 0.15) is 28.9 Å². The van der Waals surface area contributed by atoms with Gasteiger partial charge in [-0.2, -0.15) is 0 Å². The first-order valence-corrected chi connectivity index (χ1v) is 8.33. The highest BCUT2D eigenvalue weighted by Gasteiger charge is 2.18. The van der Waals surface area contributed by atoms with E-state index in [4.69, 9.17) is 4.74 Å². The molecule has 1 heterocycles. The summed E-state index contributed by atoms with van der Waals surface area (Å²) in [6.07, 6.45) is 1.43. The molecule has 0 amide bonds. The van der Waals surface area contributed by atoms with Crippen molar-refractivity contribution < 1.29 is 9.53 Å². The van der Waals surface area contributed by atoms with Crippen LogP contribution in [0.4, 0.5) is 0 Å². The smallest absolute Gasteiger partial charge is 0.254 e. The van der Waals surface area contributed by atoms with Crippen LogP contribution in [0.3, 0.4) is 0 Å². The second-order valence-electron chi connectivity index (χ2n) is 6.15. The molecule has 26 heavy (non-hydrogen) atoms. The monoisotopic (exact) mass is 348 g/mol. The number of rotatable bonds is 5. The van der Waals surface area contributed by atoms with E-state index in [0.717, 1.165) is 16.9 Å². The first-order valence-electron chi connectivity index (χ1n) is 8.33. The van der Waals surface area contributed by atoms with E-state index in [2.05, 4.69) is 4.98 Å². The van der Waals surface area contributed by atoms with E-state index in [1.807, 2.05) is 43.3 Å². The maximum Gasteiger partial charge on any atom is 0.254 e. The Morgan fingerprint density at radius 1 is 1.08 bits per heavy atom. The number of Topliss-reactive ketones (excluding diaryl/α,β-unsaturated/α-hetero) is 1. The van der Waals surface area contributed by atoms with Gasteiger partial charge in [-0.3, -0.25) is 14.2 Å². The molecule has 1 unspecified atom stereocenters. The minimum Gasteiger partial charge on any atom is -0.497 e. The minimum absolute atomic E-state index is 0.119. The Balaban J connectivity index is 1.87. The van der Waals surface area contributed by atoms with Crippen LogP contribution in [0.15, 0.2) is 65.7 Å². The van der Waals surface area contributed by atoms with Gasteiger partial charge >= 0.3 is 0 Å². The average molecular weight is 348 g/mol. The summed E-state index contributed by atoms with van der Waals surface area (Å²) in [7, 11) is 1.60. The fraction of sp³-hybridized carbons (Fsp3) is 0.190. The Hall–Kier alpha value is -3.21. The highest BCUT2D eigenvalue weighted by Crippen LogP contribution is 2.20. The summed E-state index contributed by atoms with van der Waals surface area (Å²) >= 11 is 0. The zero-order valence-electron chi connectivity index (χ0n) is 15.0. The molecule has 0 aliphatic carbocycles. The van der Waals surface area contributed by atoms with Gasteiger partial charge in [-0.05, 0) is 38.1 Å². The van der Waals surface area contributed by atoms with Crippen LogP contribution < -0.4 is 10.3 Å². The number of aromatic nitrogens is 2. The number of ether oxygens (including phenoxy) is 1. The highest BCUT2D eigenvalue weighted by atomic mass is 16.5. The number of carbonyl (C=O) groups is 1. The van der Waals surface area contributed by atoms with E-state index in [1.165, 1.54) is 17.0 Å². The van der Waals surface area contributed by atoms with Crippen molar-refractivity contribution in [1.82, 2.24) is 9.55 Å². The van der Waals surface area contributed by atoms with Crippen LogP contribution in [0.25, 0.3) is 11.3 Å². The first kappa shape index (κ1) is 17.6. The van der Waals surface area contributed by atoms with Gasteiger partial charge in [0.15, 0.2) is 5.78 Å².